The molecule has 1 aromatic rings. The number of nitrogens with zero attached hydrogens (tertiary/aromatic N) is 1. The van der Waals surface area contributed by atoms with Gasteiger partial charge in [-0.3, -0.25) is 14.9 Å². The quantitative estimate of drug-likeness (QED) is 0.562. The van der Waals surface area contributed by atoms with Gasteiger partial charge in [0.15, 0.2) is 0 Å². The zero-order valence-electron chi connectivity index (χ0n) is 8.90. The van der Waals surface area contributed by atoms with Crippen molar-refractivity contribution in [2.45, 2.75) is 13.8 Å². The maximum Gasteiger partial charge on any atom is 0.336 e. The molecule has 1 N–H and O–H groups in total. The molecule has 1 saturated heterocycles. The van der Waals surface area contributed by atoms with E-state index in [2.05, 4.69) is 0 Å². The minimum atomic E-state index is -0.885. The van der Waals surface area contributed by atoms with Gasteiger partial charge in [0.1, 0.15) is 0 Å². The number of imide groups is 2. The van der Waals surface area contributed by atoms with E-state index in [4.69, 9.17) is 0 Å². The van der Waals surface area contributed by atoms with Crippen LogP contribution in [-0.4, -0.2) is 17.8 Å². The Hall–Kier alpha value is -2.17. The predicted octanol–water partition coefficient (Wildman–Crippen LogP) is 0.886. The normalized spacial score (nSPS) is 15.6. The van der Waals surface area contributed by atoms with E-state index < -0.39 is 17.8 Å². The highest BCUT2D eigenvalue weighted by molar-refractivity contribution is 6.53. The lowest BCUT2D eigenvalue weighted by atomic mass is 10.1. The van der Waals surface area contributed by atoms with Crippen molar-refractivity contribution in [3.63, 3.8) is 0 Å². The third-order valence-electron chi connectivity index (χ3n) is 2.29. The van der Waals surface area contributed by atoms with Crippen molar-refractivity contribution in [1.29, 1.82) is 0 Å². The van der Waals surface area contributed by atoms with E-state index in [1.165, 1.54) is 0 Å². The molecule has 1 fully saturated rings. The highest BCUT2D eigenvalue weighted by atomic mass is 16.2. The van der Waals surface area contributed by atoms with Gasteiger partial charge in [-0.2, -0.15) is 0 Å². The Morgan fingerprint density at radius 3 is 2.00 bits per heavy atom. The number of anilines is 1. The Labute approximate surface area is 92.0 Å². The zero-order chi connectivity index (χ0) is 11.9. The van der Waals surface area contributed by atoms with Gasteiger partial charge in [-0.15, -0.1) is 0 Å². The van der Waals surface area contributed by atoms with E-state index >= 15 is 0 Å². The first kappa shape index (κ1) is 10.4. The van der Waals surface area contributed by atoms with E-state index in [9.17, 15) is 14.4 Å². The summed E-state index contributed by atoms with van der Waals surface area (Å²) in [6.45, 7) is 3.72. The molecule has 5 nitrogen and oxygen atoms in total. The summed E-state index contributed by atoms with van der Waals surface area (Å²) in [6.07, 6.45) is 0. The van der Waals surface area contributed by atoms with Crippen LogP contribution in [0.15, 0.2) is 18.2 Å². The lowest BCUT2D eigenvalue weighted by molar-refractivity contribution is -0.134. The summed E-state index contributed by atoms with van der Waals surface area (Å²) in [7, 11) is 0. The van der Waals surface area contributed by atoms with Gasteiger partial charge in [0.2, 0.25) is 0 Å². The second-order valence-electron chi connectivity index (χ2n) is 3.75. The van der Waals surface area contributed by atoms with Gasteiger partial charge in [-0.25, -0.2) is 9.69 Å². The Morgan fingerprint density at radius 1 is 1.00 bits per heavy atom. The van der Waals surface area contributed by atoms with Crippen molar-refractivity contribution in [2.24, 2.45) is 0 Å². The smallest absolute Gasteiger partial charge is 0.269 e. The van der Waals surface area contributed by atoms with Crippen molar-refractivity contribution in [1.82, 2.24) is 5.32 Å². The van der Waals surface area contributed by atoms with Gasteiger partial charge in [0.25, 0.3) is 0 Å². The van der Waals surface area contributed by atoms with Gasteiger partial charge < -0.3 is 0 Å². The summed E-state index contributed by atoms with van der Waals surface area (Å²) >= 11 is 0. The summed E-state index contributed by atoms with van der Waals surface area (Å²) in [4.78, 5) is 34.7. The summed E-state index contributed by atoms with van der Waals surface area (Å²) in [5, 5.41) is 1.95. The molecule has 2 rings (SSSR count). The number of urea groups is 1. The second kappa shape index (κ2) is 3.44. The standard InChI is InChI=1S/C11H10N2O3/c1-6-3-7(2)5-8(4-6)13-10(15)9(14)12-11(13)16/h3-5H,1-2H3,(H,12,14,16). The Bertz CT molecular complexity index is 488. The fraction of sp³-hybridized carbons (Fsp3) is 0.182. The van der Waals surface area contributed by atoms with Crippen LogP contribution in [0.4, 0.5) is 10.5 Å². The summed E-state index contributed by atoms with van der Waals surface area (Å²) in [6, 6.07) is 4.59. The Balaban J connectivity index is 2.48. The average molecular weight is 218 g/mol. The minimum Gasteiger partial charge on any atom is -0.269 e. The van der Waals surface area contributed by atoms with Gasteiger partial charge in [-0.1, -0.05) is 6.07 Å². The minimum absolute atomic E-state index is 0.422. The number of hydrogen-bond acceptors (Lipinski definition) is 3. The van der Waals surface area contributed by atoms with Gasteiger partial charge in [-0.05, 0) is 37.1 Å². The maximum atomic E-state index is 11.4. The molecule has 0 saturated carbocycles. The Morgan fingerprint density at radius 2 is 1.56 bits per heavy atom. The molecule has 0 aromatic heterocycles. The molecule has 1 heterocycles. The van der Waals surface area contributed by atoms with Crippen molar-refractivity contribution >= 4 is 23.5 Å². The van der Waals surface area contributed by atoms with Crippen LogP contribution >= 0.6 is 0 Å². The molecule has 0 spiro atoms. The highest BCUT2D eigenvalue weighted by Crippen LogP contribution is 2.21. The molecule has 0 atom stereocenters. The van der Waals surface area contributed by atoms with Crippen LogP contribution in [0.2, 0.25) is 0 Å². The van der Waals surface area contributed by atoms with Crippen LogP contribution in [0.5, 0.6) is 0 Å². The fourth-order valence-corrected chi connectivity index (χ4v) is 1.71. The van der Waals surface area contributed by atoms with Crippen LogP contribution in [-0.2, 0) is 9.59 Å². The molecule has 0 bridgehead atoms. The number of amides is 4. The molecule has 4 amide bonds. The van der Waals surface area contributed by atoms with Crippen LogP contribution < -0.4 is 10.2 Å². The first-order chi connectivity index (χ1) is 7.49. The highest BCUT2D eigenvalue weighted by Gasteiger charge is 2.38. The van der Waals surface area contributed by atoms with E-state index in [1.54, 1.807) is 12.1 Å². The van der Waals surface area contributed by atoms with E-state index in [0.717, 1.165) is 16.0 Å². The van der Waals surface area contributed by atoms with Crippen molar-refractivity contribution in [3.05, 3.63) is 29.3 Å². The van der Waals surface area contributed by atoms with Crippen molar-refractivity contribution < 1.29 is 14.4 Å². The SMILES string of the molecule is Cc1cc(C)cc(N2C(=O)NC(=O)C2=O)c1. The number of hydrogen-bond donors (Lipinski definition) is 1. The predicted molar refractivity (Wildman–Crippen MR) is 56.9 cm³/mol. The van der Waals surface area contributed by atoms with E-state index in [0.29, 0.717) is 5.69 Å². The molecule has 1 aliphatic rings. The molecular weight excluding hydrogens is 208 g/mol. The lowest BCUT2D eigenvalue weighted by Gasteiger charge is -2.12. The van der Waals surface area contributed by atoms with Crippen molar-refractivity contribution in [3.8, 4) is 0 Å². The monoisotopic (exact) mass is 218 g/mol. The van der Waals surface area contributed by atoms with Crippen LogP contribution in [0.25, 0.3) is 0 Å². The molecule has 1 aromatic carbocycles. The number of rotatable bonds is 1. The first-order valence-corrected chi connectivity index (χ1v) is 4.77. The maximum absolute atomic E-state index is 11.4. The number of carbonyl (C=O) groups excluding carboxylic acids is 3. The number of aryl methyl sites for hydroxylation is 2. The number of benzene rings is 1. The molecular formula is C11H10N2O3. The lowest BCUT2D eigenvalue weighted by Crippen LogP contribution is -2.30. The molecule has 0 radical (unpaired) electrons. The molecule has 0 unspecified atom stereocenters. The average Bonchev–Trinajstić information content (AvgIpc) is 2.39. The first-order valence-electron chi connectivity index (χ1n) is 4.77. The number of carbonyl (C=O) groups is 3. The zero-order valence-corrected chi connectivity index (χ0v) is 8.90. The topological polar surface area (TPSA) is 66.5 Å². The summed E-state index contributed by atoms with van der Waals surface area (Å²) < 4.78 is 0. The van der Waals surface area contributed by atoms with Gasteiger partial charge in [0, 0.05) is 0 Å². The number of nitrogens with one attached hydrogen (secondary N) is 1. The van der Waals surface area contributed by atoms with Gasteiger partial charge in [0.05, 0.1) is 5.69 Å². The molecule has 82 valence electrons. The van der Waals surface area contributed by atoms with Crippen LogP contribution in [0.1, 0.15) is 11.1 Å². The fourth-order valence-electron chi connectivity index (χ4n) is 1.71. The third kappa shape index (κ3) is 1.56. The summed E-state index contributed by atoms with van der Waals surface area (Å²) in [5.74, 6) is -1.72. The van der Waals surface area contributed by atoms with E-state index in [-0.39, 0.29) is 0 Å². The largest absolute Gasteiger partial charge is 0.336 e. The Kier molecular flexibility index (Phi) is 2.23. The molecule has 0 aliphatic carbocycles. The van der Waals surface area contributed by atoms with Crippen LogP contribution in [0.3, 0.4) is 0 Å². The van der Waals surface area contributed by atoms with Crippen LogP contribution in [0, 0.1) is 13.8 Å². The summed E-state index contributed by atoms with van der Waals surface area (Å²) in [5.41, 5.74) is 2.27. The third-order valence-corrected chi connectivity index (χ3v) is 2.29. The van der Waals surface area contributed by atoms with Gasteiger partial charge >= 0.3 is 17.8 Å². The van der Waals surface area contributed by atoms with Crippen molar-refractivity contribution in [2.75, 3.05) is 4.90 Å². The molecule has 5 heteroatoms. The second-order valence-corrected chi connectivity index (χ2v) is 3.75. The molecule has 16 heavy (non-hydrogen) atoms. The van der Waals surface area contributed by atoms with E-state index in [1.807, 2.05) is 25.2 Å². The molecule has 1 aliphatic heterocycles.